The maximum Gasteiger partial charge on any atom is 0.236 e. The van der Waals surface area contributed by atoms with Gasteiger partial charge in [-0.3, -0.25) is 0 Å². The summed E-state index contributed by atoms with van der Waals surface area (Å²) in [5.74, 6) is -1.48. The molecule has 1 heterocycles. The molecule has 0 aliphatic carbocycles. The molecule has 142 valence electrons. The molecule has 0 saturated carbocycles. The van der Waals surface area contributed by atoms with Gasteiger partial charge in [-0.2, -0.15) is 0 Å². The molecule has 0 amide bonds. The third-order valence-electron chi connectivity index (χ3n) is 3.75. The Morgan fingerprint density at radius 1 is 1.15 bits per heavy atom. The second-order valence-electron chi connectivity index (χ2n) is 5.60. The van der Waals surface area contributed by atoms with E-state index < -0.39 is 32.4 Å². The van der Waals surface area contributed by atoms with Gasteiger partial charge in [-0.05, 0) is 37.3 Å². The first-order valence-electron chi connectivity index (χ1n) is 7.55. The summed E-state index contributed by atoms with van der Waals surface area (Å²) in [4.78, 5) is 3.14. The standard InChI is InChI=1S/C17H12Cl2F2N2O2S2/c1-9(11-6-10(18)2-3-13(11)20)23-15-8-14(21)16(7-12(15)19)27(24,25)17-22-4-5-26-17/h2-9,23H,1H3/t9-/m0/s1. The van der Waals surface area contributed by atoms with Gasteiger partial charge < -0.3 is 5.32 Å². The van der Waals surface area contributed by atoms with Crippen LogP contribution in [0.3, 0.4) is 0 Å². The number of anilines is 1. The van der Waals surface area contributed by atoms with E-state index in [2.05, 4.69) is 10.3 Å². The molecule has 0 bridgehead atoms. The van der Waals surface area contributed by atoms with Crippen LogP contribution in [0.5, 0.6) is 0 Å². The van der Waals surface area contributed by atoms with Crippen LogP contribution in [0.2, 0.25) is 10.0 Å². The van der Waals surface area contributed by atoms with Gasteiger partial charge in [0.15, 0.2) is 0 Å². The van der Waals surface area contributed by atoms with Crippen LogP contribution < -0.4 is 5.32 Å². The third kappa shape index (κ3) is 4.08. The van der Waals surface area contributed by atoms with Crippen molar-refractivity contribution < 1.29 is 17.2 Å². The molecule has 0 aliphatic rings. The number of aromatic nitrogens is 1. The summed E-state index contributed by atoms with van der Waals surface area (Å²) in [5.41, 5.74) is 0.387. The van der Waals surface area contributed by atoms with Crippen LogP contribution in [0.1, 0.15) is 18.5 Å². The minimum Gasteiger partial charge on any atom is -0.377 e. The van der Waals surface area contributed by atoms with Crippen LogP contribution >= 0.6 is 34.5 Å². The largest absolute Gasteiger partial charge is 0.377 e. The number of nitrogens with zero attached hydrogens (tertiary/aromatic N) is 1. The topological polar surface area (TPSA) is 59.1 Å². The predicted molar refractivity (Wildman–Crippen MR) is 102 cm³/mol. The van der Waals surface area contributed by atoms with Crippen LogP contribution in [-0.4, -0.2) is 13.4 Å². The maximum atomic E-state index is 14.5. The van der Waals surface area contributed by atoms with E-state index in [1.54, 1.807) is 6.92 Å². The lowest BCUT2D eigenvalue weighted by molar-refractivity contribution is 0.566. The van der Waals surface area contributed by atoms with E-state index in [9.17, 15) is 17.2 Å². The van der Waals surface area contributed by atoms with E-state index in [0.717, 1.165) is 23.5 Å². The zero-order valence-corrected chi connectivity index (χ0v) is 16.9. The summed E-state index contributed by atoms with van der Waals surface area (Å²) in [6.45, 7) is 1.64. The molecular formula is C17H12Cl2F2N2O2S2. The number of halogens is 4. The van der Waals surface area contributed by atoms with E-state index in [0.29, 0.717) is 5.02 Å². The summed E-state index contributed by atoms with van der Waals surface area (Å²) in [6, 6.07) is 5.46. The van der Waals surface area contributed by atoms with Gasteiger partial charge in [0.05, 0.1) is 16.8 Å². The number of hydrogen-bond donors (Lipinski definition) is 1. The van der Waals surface area contributed by atoms with Crippen LogP contribution in [0.4, 0.5) is 14.5 Å². The Morgan fingerprint density at radius 3 is 2.56 bits per heavy atom. The van der Waals surface area contributed by atoms with Crippen LogP contribution in [-0.2, 0) is 9.84 Å². The second kappa shape index (κ2) is 7.71. The zero-order valence-electron chi connectivity index (χ0n) is 13.7. The lowest BCUT2D eigenvalue weighted by Gasteiger charge is -2.18. The normalized spacial score (nSPS) is 12.8. The molecule has 1 aromatic heterocycles. The number of hydrogen-bond acceptors (Lipinski definition) is 5. The SMILES string of the molecule is C[C@H](Nc1cc(F)c(S(=O)(=O)c2nccs2)cc1Cl)c1cc(Cl)ccc1F. The van der Waals surface area contributed by atoms with Crippen molar-refractivity contribution in [3.05, 3.63) is 69.2 Å². The summed E-state index contributed by atoms with van der Waals surface area (Å²) < 4.78 is 53.2. The molecule has 3 aromatic rings. The summed E-state index contributed by atoms with van der Waals surface area (Å²) >= 11 is 12.9. The Labute approximate surface area is 168 Å². The van der Waals surface area contributed by atoms with Crippen molar-refractivity contribution in [1.82, 2.24) is 4.98 Å². The van der Waals surface area contributed by atoms with Gasteiger partial charge in [0.1, 0.15) is 16.5 Å². The Morgan fingerprint density at radius 2 is 1.89 bits per heavy atom. The molecule has 4 nitrogen and oxygen atoms in total. The van der Waals surface area contributed by atoms with Crippen LogP contribution in [0.15, 0.2) is 51.1 Å². The average molecular weight is 449 g/mol. The zero-order chi connectivity index (χ0) is 19.8. The van der Waals surface area contributed by atoms with Crippen molar-refractivity contribution in [1.29, 1.82) is 0 Å². The fraction of sp³-hybridized carbons (Fsp3) is 0.118. The highest BCUT2D eigenvalue weighted by Crippen LogP contribution is 2.34. The molecular weight excluding hydrogens is 437 g/mol. The van der Waals surface area contributed by atoms with E-state index in [1.807, 2.05) is 0 Å². The number of sulfone groups is 1. The molecule has 0 aliphatic heterocycles. The highest BCUT2D eigenvalue weighted by molar-refractivity contribution is 7.93. The van der Waals surface area contributed by atoms with Crippen molar-refractivity contribution in [3.63, 3.8) is 0 Å². The molecule has 0 saturated heterocycles. The summed E-state index contributed by atoms with van der Waals surface area (Å²) in [7, 11) is -4.12. The minimum absolute atomic E-state index is 0.0270. The maximum absolute atomic E-state index is 14.5. The number of rotatable bonds is 5. The molecule has 2 aromatic carbocycles. The lowest BCUT2D eigenvalue weighted by Crippen LogP contribution is -2.11. The van der Waals surface area contributed by atoms with Gasteiger partial charge in [-0.1, -0.05) is 23.2 Å². The number of nitrogens with one attached hydrogen (secondary N) is 1. The van der Waals surface area contributed by atoms with E-state index >= 15 is 0 Å². The highest BCUT2D eigenvalue weighted by atomic mass is 35.5. The molecule has 1 N–H and O–H groups in total. The minimum atomic E-state index is -4.12. The van der Waals surface area contributed by atoms with Gasteiger partial charge >= 0.3 is 0 Å². The molecule has 0 spiro atoms. The molecule has 27 heavy (non-hydrogen) atoms. The van der Waals surface area contributed by atoms with Crippen molar-refractivity contribution in [3.8, 4) is 0 Å². The van der Waals surface area contributed by atoms with Gasteiger partial charge in [0.25, 0.3) is 0 Å². The Hall–Kier alpha value is -1.74. The molecule has 0 radical (unpaired) electrons. The number of benzene rings is 2. The second-order valence-corrected chi connectivity index (χ2v) is 9.43. The first-order chi connectivity index (χ1) is 12.7. The highest BCUT2D eigenvalue weighted by Gasteiger charge is 2.26. The Kier molecular flexibility index (Phi) is 5.71. The van der Waals surface area contributed by atoms with Crippen LogP contribution in [0.25, 0.3) is 0 Å². The Balaban J connectivity index is 1.95. The van der Waals surface area contributed by atoms with Gasteiger partial charge in [-0.25, -0.2) is 22.2 Å². The first-order valence-corrected chi connectivity index (χ1v) is 10.7. The fourth-order valence-electron chi connectivity index (χ4n) is 2.44. The molecule has 0 unspecified atom stereocenters. The Bertz CT molecular complexity index is 1090. The number of thiazole rings is 1. The van der Waals surface area contributed by atoms with Crippen LogP contribution in [0, 0.1) is 11.6 Å². The lowest BCUT2D eigenvalue weighted by atomic mass is 10.1. The van der Waals surface area contributed by atoms with Crippen molar-refractivity contribution in [2.75, 3.05) is 5.32 Å². The molecule has 1 atom stereocenters. The molecule has 0 fully saturated rings. The smallest absolute Gasteiger partial charge is 0.236 e. The molecule has 3 rings (SSSR count). The summed E-state index contributed by atoms with van der Waals surface area (Å²) in [5, 5.41) is 4.67. The van der Waals surface area contributed by atoms with E-state index in [-0.39, 0.29) is 20.6 Å². The third-order valence-corrected chi connectivity index (χ3v) is 7.26. The van der Waals surface area contributed by atoms with Gasteiger partial charge in [0.2, 0.25) is 14.2 Å². The van der Waals surface area contributed by atoms with Gasteiger partial charge in [-0.15, -0.1) is 11.3 Å². The first kappa shape index (κ1) is 20.0. The van der Waals surface area contributed by atoms with Crippen molar-refractivity contribution in [2.45, 2.75) is 22.2 Å². The van der Waals surface area contributed by atoms with E-state index in [1.165, 1.54) is 29.8 Å². The predicted octanol–water partition coefficient (Wildman–Crippen LogP) is 5.73. The average Bonchev–Trinajstić information content (AvgIpc) is 3.15. The summed E-state index contributed by atoms with van der Waals surface area (Å²) in [6.07, 6.45) is 1.31. The van der Waals surface area contributed by atoms with Gasteiger partial charge in [0, 0.05) is 22.2 Å². The van der Waals surface area contributed by atoms with Crippen molar-refractivity contribution in [2.24, 2.45) is 0 Å². The van der Waals surface area contributed by atoms with Crippen molar-refractivity contribution >= 4 is 50.1 Å². The fourth-order valence-corrected chi connectivity index (χ4v) is 5.18. The van der Waals surface area contributed by atoms with E-state index in [4.69, 9.17) is 23.2 Å². The monoisotopic (exact) mass is 448 g/mol. The quantitative estimate of drug-likeness (QED) is 0.540. The molecule has 10 heteroatoms.